The zero-order valence-corrected chi connectivity index (χ0v) is 40.0. The van der Waals surface area contributed by atoms with Gasteiger partial charge in [0.05, 0.1) is 18.1 Å². The van der Waals surface area contributed by atoms with Crippen LogP contribution in [-0.4, -0.2) is 232 Å². The third kappa shape index (κ3) is 25.6. The molecular formula is C41H90N8OS3. The number of morpholine rings is 1. The number of piperidine rings is 1. The Kier molecular flexibility index (Phi) is 30.0. The summed E-state index contributed by atoms with van der Waals surface area (Å²) in [6.07, 6.45) is 7.48. The Balaban J connectivity index is 0.000000309. The number of rotatable bonds is 0. The predicted octanol–water partition coefficient (Wildman–Crippen LogP) is 5.87. The van der Waals surface area contributed by atoms with E-state index in [1.54, 1.807) is 0 Å². The quantitative estimate of drug-likeness (QED) is 0.294. The summed E-state index contributed by atoms with van der Waals surface area (Å²) in [4.78, 5) is 19.0. The average Bonchev–Trinajstić information content (AvgIpc) is 3.82. The van der Waals surface area contributed by atoms with Crippen molar-refractivity contribution in [3.8, 4) is 0 Å². The summed E-state index contributed by atoms with van der Waals surface area (Å²) in [7, 11) is 17.4. The van der Waals surface area contributed by atoms with Gasteiger partial charge in [-0.1, -0.05) is 6.42 Å². The summed E-state index contributed by atoms with van der Waals surface area (Å²) in [6, 6.07) is 3.29. The van der Waals surface area contributed by atoms with Gasteiger partial charge < -0.3 is 34.1 Å². The molecular weight excluding hydrogens is 717 g/mol. The lowest BCUT2D eigenvalue weighted by Crippen LogP contribution is -2.42. The predicted molar refractivity (Wildman–Crippen MR) is 244 cm³/mol. The summed E-state index contributed by atoms with van der Waals surface area (Å²) < 4.78 is 5.31. The molecule has 9 nitrogen and oxygen atoms in total. The Bertz CT molecular complexity index is 735. The molecule has 6 unspecified atom stereocenters. The Morgan fingerprint density at radius 3 is 1.23 bits per heavy atom. The van der Waals surface area contributed by atoms with Gasteiger partial charge >= 0.3 is 0 Å². The van der Waals surface area contributed by atoms with Crippen molar-refractivity contribution in [1.82, 2.24) is 39.2 Å². The Labute approximate surface area is 344 Å². The second-order valence-electron chi connectivity index (χ2n) is 16.8. The van der Waals surface area contributed by atoms with Crippen molar-refractivity contribution < 1.29 is 4.74 Å². The number of likely N-dealkylation sites (N-methyl/N-ethyl adjacent to an activating group) is 3. The largest absolute Gasteiger partial charge is 0.376 e. The van der Waals surface area contributed by atoms with Crippen LogP contribution in [0.25, 0.3) is 0 Å². The number of piperazine rings is 1. The van der Waals surface area contributed by atoms with E-state index >= 15 is 0 Å². The minimum Gasteiger partial charge on any atom is -0.376 e. The molecule has 7 heterocycles. The number of ether oxygens (including phenoxy) is 1. The van der Waals surface area contributed by atoms with E-state index in [0.29, 0.717) is 6.10 Å². The SMILES string of the molecule is CC1CCCCN1C.CC1CCCN1C.CC1CN(C)CCO1.CC1CSCCN1C.CC1CSCN1C.CC1SCCN1C.CN1CCN(C)CC1. The van der Waals surface area contributed by atoms with Crippen LogP contribution in [0.2, 0.25) is 0 Å². The Morgan fingerprint density at radius 2 is 0.962 bits per heavy atom. The molecule has 0 aliphatic carbocycles. The Hall–Kier alpha value is 0.690. The van der Waals surface area contributed by atoms with Crippen LogP contribution < -0.4 is 0 Å². The molecule has 0 amide bonds. The lowest BCUT2D eigenvalue weighted by Gasteiger charge is -2.29. The highest BCUT2D eigenvalue weighted by molar-refractivity contribution is 8.00. The summed E-state index contributed by atoms with van der Waals surface area (Å²) in [5, 5.41) is 0.764. The van der Waals surface area contributed by atoms with Crippen LogP contribution in [0.3, 0.4) is 0 Å². The molecule has 0 aromatic rings. The maximum absolute atomic E-state index is 5.31. The van der Waals surface area contributed by atoms with Crippen molar-refractivity contribution in [3.63, 3.8) is 0 Å². The van der Waals surface area contributed by atoms with E-state index in [2.05, 4.69) is 149 Å². The molecule has 0 aromatic carbocycles. The third-order valence-electron chi connectivity index (χ3n) is 11.7. The molecule has 0 bridgehead atoms. The van der Waals surface area contributed by atoms with E-state index in [0.717, 1.165) is 49.2 Å². The third-order valence-corrected chi connectivity index (χ3v) is 15.5. The average molecular weight is 807 g/mol. The normalized spacial score (nSPS) is 32.5. The van der Waals surface area contributed by atoms with Gasteiger partial charge in [0.2, 0.25) is 0 Å². The lowest BCUT2D eigenvalue weighted by molar-refractivity contribution is -0.00861. The van der Waals surface area contributed by atoms with Gasteiger partial charge in [0.1, 0.15) is 0 Å². The van der Waals surface area contributed by atoms with Crippen LogP contribution in [0.15, 0.2) is 0 Å². The fourth-order valence-electron chi connectivity index (χ4n) is 6.33. The fourth-order valence-corrected chi connectivity index (χ4v) is 9.84. The van der Waals surface area contributed by atoms with Gasteiger partial charge in [0.25, 0.3) is 0 Å². The minimum atomic E-state index is 0.439. The highest BCUT2D eigenvalue weighted by atomic mass is 32.2. The second-order valence-corrected chi connectivity index (χ2v) is 20.4. The van der Waals surface area contributed by atoms with Gasteiger partial charge in [-0.15, -0.1) is 23.5 Å². The number of nitrogens with zero attached hydrogens (tertiary/aromatic N) is 8. The number of likely N-dealkylation sites (tertiary alicyclic amines) is 2. The zero-order chi connectivity index (χ0) is 39.8. The van der Waals surface area contributed by atoms with E-state index in [-0.39, 0.29) is 0 Å². The zero-order valence-electron chi connectivity index (χ0n) is 37.5. The summed E-state index contributed by atoms with van der Waals surface area (Å²) in [6.45, 7) is 26.6. The van der Waals surface area contributed by atoms with E-state index in [9.17, 15) is 0 Å². The summed E-state index contributed by atoms with van der Waals surface area (Å²) in [5.74, 6) is 6.49. The van der Waals surface area contributed by atoms with Gasteiger partial charge in [0, 0.05) is 105 Å². The summed E-state index contributed by atoms with van der Waals surface area (Å²) in [5.41, 5.74) is 0. The monoisotopic (exact) mass is 807 g/mol. The smallest absolute Gasteiger partial charge is 0.0674 e. The lowest BCUT2D eigenvalue weighted by atomic mass is 10.1. The van der Waals surface area contributed by atoms with E-state index in [1.807, 2.05) is 23.5 Å². The maximum Gasteiger partial charge on any atom is 0.0674 e. The van der Waals surface area contributed by atoms with Crippen LogP contribution in [0.1, 0.15) is 73.6 Å². The van der Waals surface area contributed by atoms with Crippen LogP contribution in [0.5, 0.6) is 0 Å². The van der Waals surface area contributed by atoms with Gasteiger partial charge in [-0.2, -0.15) is 11.8 Å². The van der Waals surface area contributed by atoms with Crippen molar-refractivity contribution in [2.45, 2.75) is 109 Å². The first-order valence-electron chi connectivity index (χ1n) is 21.1. The first kappa shape index (κ1) is 51.7. The molecule has 53 heavy (non-hydrogen) atoms. The molecule has 0 N–H and O–H groups in total. The molecule has 318 valence electrons. The van der Waals surface area contributed by atoms with Crippen molar-refractivity contribution in [3.05, 3.63) is 0 Å². The molecule has 0 saturated carbocycles. The number of hydrogen-bond donors (Lipinski definition) is 0. The van der Waals surface area contributed by atoms with Crippen LogP contribution in [0, 0.1) is 0 Å². The van der Waals surface area contributed by atoms with E-state index < -0.39 is 0 Å². The Morgan fingerprint density at radius 1 is 0.453 bits per heavy atom. The second kappa shape index (κ2) is 30.7. The van der Waals surface area contributed by atoms with Crippen molar-refractivity contribution in [1.29, 1.82) is 0 Å². The minimum absolute atomic E-state index is 0.439. The van der Waals surface area contributed by atoms with Crippen LogP contribution in [0.4, 0.5) is 0 Å². The molecule has 0 spiro atoms. The molecule has 0 radical (unpaired) electrons. The van der Waals surface area contributed by atoms with Crippen molar-refractivity contribution in [2.24, 2.45) is 0 Å². The topological polar surface area (TPSA) is 35.2 Å². The first-order valence-corrected chi connectivity index (χ1v) is 24.4. The fraction of sp³-hybridized carbons (Fsp3) is 1.00. The first-order chi connectivity index (χ1) is 25.1. The van der Waals surface area contributed by atoms with Crippen LogP contribution >= 0.6 is 35.3 Å². The van der Waals surface area contributed by atoms with E-state index in [4.69, 9.17) is 4.74 Å². The van der Waals surface area contributed by atoms with E-state index in [1.165, 1.54) is 113 Å². The molecule has 0 aromatic heterocycles. The molecule has 7 rings (SSSR count). The van der Waals surface area contributed by atoms with Crippen molar-refractivity contribution in [2.75, 3.05) is 157 Å². The van der Waals surface area contributed by atoms with Crippen LogP contribution in [-0.2, 0) is 4.74 Å². The van der Waals surface area contributed by atoms with Gasteiger partial charge in [-0.3, -0.25) is 9.80 Å². The molecule has 7 aliphatic rings. The van der Waals surface area contributed by atoms with Gasteiger partial charge in [-0.25, -0.2) is 0 Å². The highest BCUT2D eigenvalue weighted by Gasteiger charge is 2.17. The molecule has 7 saturated heterocycles. The molecule has 7 fully saturated rings. The maximum atomic E-state index is 5.31. The van der Waals surface area contributed by atoms with Gasteiger partial charge in [0.15, 0.2) is 0 Å². The molecule has 6 atom stereocenters. The highest BCUT2D eigenvalue weighted by Crippen LogP contribution is 2.20. The molecule has 12 heteroatoms. The molecule has 7 aliphatic heterocycles. The number of hydrogen-bond acceptors (Lipinski definition) is 12. The van der Waals surface area contributed by atoms with Gasteiger partial charge in [-0.05, 0) is 137 Å². The van der Waals surface area contributed by atoms with Crippen molar-refractivity contribution >= 4 is 35.3 Å². The standard InChI is InChI=1S/C7H15N.C6H14N2.C6H13NO.C6H13NS.C6H13N.2C5H11NS/c1-7-5-3-4-6-8(7)2;1-7-3-5-8(2)6-4-7;1-6-5-7(2)3-4-8-6;1-6-5-8-4-3-7(6)2;1-6-4-3-5-7(6)2;1-5-3-7-4-6(5)2;1-5-6(2)3-4-7-5/h7H,3-6H2,1-2H3;3-6H2,1-2H3;2*6H,3-5H2,1-2H3;6H,3-5H2,1-2H3;2*5H,3-4H2,1-2H3. The number of thioether (sulfide) groups is 3. The summed E-state index contributed by atoms with van der Waals surface area (Å²) >= 11 is 6.11.